The second-order valence-corrected chi connectivity index (χ2v) is 7.62. The number of aryl methyl sites for hydroxylation is 1. The minimum Gasteiger partial charge on any atom is -0.439 e. The predicted molar refractivity (Wildman–Crippen MR) is 115 cm³/mol. The molecule has 0 saturated carbocycles. The van der Waals surface area contributed by atoms with Crippen LogP contribution in [0.15, 0.2) is 54.6 Å². The summed E-state index contributed by atoms with van der Waals surface area (Å²) in [5.41, 5.74) is 3.90. The largest absolute Gasteiger partial charge is 0.439 e. The average Bonchev–Trinajstić information content (AvgIpc) is 2.78. The van der Waals surface area contributed by atoms with E-state index >= 15 is 0 Å². The zero-order valence-electron chi connectivity index (χ0n) is 17.1. The van der Waals surface area contributed by atoms with Crippen molar-refractivity contribution in [3.05, 3.63) is 60.2 Å². The molecule has 0 spiro atoms. The molecule has 1 fully saturated rings. The number of nitrogens with zero attached hydrogens (tertiary/aromatic N) is 1. The molecule has 0 radical (unpaired) electrons. The monoisotopic (exact) mass is 394 g/mol. The van der Waals surface area contributed by atoms with Crippen LogP contribution in [0.3, 0.4) is 0 Å². The van der Waals surface area contributed by atoms with E-state index in [-0.39, 0.29) is 18.6 Å². The number of carbonyl (C=O) groups is 2. The van der Waals surface area contributed by atoms with Crippen molar-refractivity contribution in [3.63, 3.8) is 0 Å². The summed E-state index contributed by atoms with van der Waals surface area (Å²) in [7, 11) is 1.53. The number of amides is 2. The van der Waals surface area contributed by atoms with E-state index in [0.29, 0.717) is 19.0 Å². The lowest BCUT2D eigenvalue weighted by Crippen LogP contribution is -2.40. The molecule has 154 valence electrons. The molecule has 3 rings (SSSR count). The van der Waals surface area contributed by atoms with Gasteiger partial charge in [-0.05, 0) is 54.7 Å². The average molecular weight is 395 g/mol. The van der Waals surface area contributed by atoms with Crippen LogP contribution in [0.4, 0.5) is 4.79 Å². The molecule has 0 unspecified atom stereocenters. The summed E-state index contributed by atoms with van der Waals surface area (Å²) in [5.74, 6) is 0.361. The number of nitrogens with one attached hydrogen (secondary N) is 1. The Morgan fingerprint density at radius 3 is 2.48 bits per heavy atom. The molecular formula is C24H30N2O3. The Hall–Kier alpha value is -2.82. The molecular weight excluding hydrogens is 364 g/mol. The van der Waals surface area contributed by atoms with Crippen LogP contribution in [0, 0.1) is 5.92 Å². The Balaban J connectivity index is 1.39. The molecule has 2 amide bonds. The van der Waals surface area contributed by atoms with Crippen molar-refractivity contribution < 1.29 is 14.3 Å². The smallest absolute Gasteiger partial charge is 0.410 e. The van der Waals surface area contributed by atoms with E-state index in [1.807, 2.05) is 6.07 Å². The van der Waals surface area contributed by atoms with Crippen molar-refractivity contribution >= 4 is 12.0 Å². The van der Waals surface area contributed by atoms with E-state index < -0.39 is 0 Å². The van der Waals surface area contributed by atoms with Crippen LogP contribution in [0.1, 0.15) is 31.2 Å². The Morgan fingerprint density at radius 2 is 1.76 bits per heavy atom. The zero-order valence-corrected chi connectivity index (χ0v) is 17.1. The molecule has 5 nitrogen and oxygen atoms in total. The maximum atomic E-state index is 12.0. The zero-order chi connectivity index (χ0) is 20.5. The van der Waals surface area contributed by atoms with Gasteiger partial charge in [-0.1, -0.05) is 54.6 Å². The van der Waals surface area contributed by atoms with Crippen molar-refractivity contribution in [2.24, 2.45) is 5.92 Å². The normalized spacial score (nSPS) is 14.4. The first-order valence-electron chi connectivity index (χ1n) is 10.4. The fourth-order valence-corrected chi connectivity index (χ4v) is 3.83. The predicted octanol–water partition coefficient (Wildman–Crippen LogP) is 4.27. The topological polar surface area (TPSA) is 58.6 Å². The molecule has 5 heteroatoms. The highest BCUT2D eigenvalue weighted by Gasteiger charge is 2.23. The van der Waals surface area contributed by atoms with Gasteiger partial charge in [0.15, 0.2) is 6.61 Å². The summed E-state index contributed by atoms with van der Waals surface area (Å²) in [6.45, 7) is 1.21. The minimum atomic E-state index is -0.384. The van der Waals surface area contributed by atoms with Crippen molar-refractivity contribution in [1.82, 2.24) is 10.2 Å². The van der Waals surface area contributed by atoms with Gasteiger partial charge in [0.05, 0.1) is 0 Å². The lowest BCUT2D eigenvalue weighted by atomic mass is 9.90. The first-order chi connectivity index (χ1) is 14.2. The molecule has 1 aliphatic heterocycles. The molecule has 2 aromatic carbocycles. The third-order valence-electron chi connectivity index (χ3n) is 5.59. The molecule has 1 heterocycles. The fourth-order valence-electron chi connectivity index (χ4n) is 3.83. The Kier molecular flexibility index (Phi) is 7.68. The molecule has 1 aliphatic rings. The lowest BCUT2D eigenvalue weighted by molar-refractivity contribution is -0.123. The third kappa shape index (κ3) is 6.34. The summed E-state index contributed by atoms with van der Waals surface area (Å²) >= 11 is 0. The van der Waals surface area contributed by atoms with Gasteiger partial charge in [-0.2, -0.15) is 0 Å². The second kappa shape index (κ2) is 10.6. The van der Waals surface area contributed by atoms with Crippen molar-refractivity contribution in [1.29, 1.82) is 0 Å². The van der Waals surface area contributed by atoms with E-state index in [4.69, 9.17) is 4.74 Å². The maximum absolute atomic E-state index is 12.0. The fraction of sp³-hybridized carbons (Fsp3) is 0.417. The van der Waals surface area contributed by atoms with Gasteiger partial charge in [0.1, 0.15) is 0 Å². The number of carbonyl (C=O) groups excluding carboxylic acids is 2. The molecule has 2 aromatic rings. The van der Waals surface area contributed by atoms with Crippen LogP contribution in [-0.4, -0.2) is 43.6 Å². The first-order valence-corrected chi connectivity index (χ1v) is 10.4. The van der Waals surface area contributed by atoms with Crippen molar-refractivity contribution in [3.8, 4) is 11.1 Å². The van der Waals surface area contributed by atoms with E-state index in [9.17, 15) is 9.59 Å². The maximum Gasteiger partial charge on any atom is 0.410 e. The van der Waals surface area contributed by atoms with Gasteiger partial charge < -0.3 is 15.0 Å². The van der Waals surface area contributed by atoms with Gasteiger partial charge in [-0.15, -0.1) is 0 Å². The molecule has 1 N–H and O–H groups in total. The summed E-state index contributed by atoms with van der Waals surface area (Å²) in [6.07, 6.45) is 5.03. The van der Waals surface area contributed by atoms with E-state index in [2.05, 4.69) is 53.8 Å². The quantitative estimate of drug-likeness (QED) is 0.763. The lowest BCUT2D eigenvalue weighted by Gasteiger charge is -2.31. The second-order valence-electron chi connectivity index (χ2n) is 7.62. The highest BCUT2D eigenvalue weighted by molar-refractivity contribution is 5.79. The highest BCUT2D eigenvalue weighted by Crippen LogP contribution is 2.25. The van der Waals surface area contributed by atoms with Gasteiger partial charge in [-0.3, -0.25) is 4.79 Å². The highest BCUT2D eigenvalue weighted by atomic mass is 16.6. The Bertz CT molecular complexity index is 799. The van der Waals surface area contributed by atoms with Crippen molar-refractivity contribution in [2.75, 3.05) is 26.7 Å². The van der Waals surface area contributed by atoms with Crippen LogP contribution in [-0.2, 0) is 16.0 Å². The summed E-state index contributed by atoms with van der Waals surface area (Å²) < 4.78 is 5.03. The van der Waals surface area contributed by atoms with Crippen LogP contribution < -0.4 is 5.32 Å². The molecule has 0 aliphatic carbocycles. The molecule has 1 saturated heterocycles. The van der Waals surface area contributed by atoms with Crippen LogP contribution in [0.25, 0.3) is 11.1 Å². The molecule has 0 aromatic heterocycles. The number of hydrogen-bond acceptors (Lipinski definition) is 3. The molecule has 0 atom stereocenters. The number of likely N-dealkylation sites (N-methyl/N-ethyl adjacent to an activating group) is 1. The first kappa shape index (κ1) is 20.9. The number of likely N-dealkylation sites (tertiary alicyclic amines) is 1. The number of benzene rings is 2. The van der Waals surface area contributed by atoms with Crippen LogP contribution in [0.2, 0.25) is 0 Å². The van der Waals surface area contributed by atoms with Gasteiger partial charge in [0.25, 0.3) is 5.91 Å². The molecule has 29 heavy (non-hydrogen) atoms. The van der Waals surface area contributed by atoms with Crippen LogP contribution in [0.5, 0.6) is 0 Å². The van der Waals surface area contributed by atoms with E-state index in [0.717, 1.165) is 25.7 Å². The summed E-state index contributed by atoms with van der Waals surface area (Å²) in [5, 5.41) is 2.44. The number of rotatable bonds is 7. The standard InChI is InChI=1S/C24H30N2O3/c1-25-23(27)18-29-24(28)26-15-13-19(14-16-26)7-5-8-20-9-6-12-22(17-20)21-10-3-2-4-11-21/h2-4,6,9-12,17,19H,5,7-8,13-16,18H2,1H3,(H,25,27). The number of hydrogen-bond donors (Lipinski definition) is 1. The van der Waals surface area contributed by atoms with Gasteiger partial charge in [-0.25, -0.2) is 4.79 Å². The van der Waals surface area contributed by atoms with Gasteiger partial charge >= 0.3 is 6.09 Å². The van der Waals surface area contributed by atoms with Gasteiger partial charge in [0, 0.05) is 20.1 Å². The van der Waals surface area contributed by atoms with Crippen LogP contribution >= 0.6 is 0 Å². The Labute approximate surface area is 173 Å². The third-order valence-corrected chi connectivity index (χ3v) is 5.59. The Morgan fingerprint density at radius 1 is 1.03 bits per heavy atom. The summed E-state index contributed by atoms with van der Waals surface area (Å²) in [6, 6.07) is 19.3. The summed E-state index contributed by atoms with van der Waals surface area (Å²) in [4.78, 5) is 24.9. The number of ether oxygens (including phenoxy) is 1. The van der Waals surface area contributed by atoms with Gasteiger partial charge in [0.2, 0.25) is 0 Å². The van der Waals surface area contributed by atoms with E-state index in [1.165, 1.54) is 30.2 Å². The SMILES string of the molecule is CNC(=O)COC(=O)N1CCC(CCCc2cccc(-c3ccccc3)c2)CC1. The van der Waals surface area contributed by atoms with Crippen molar-refractivity contribution in [2.45, 2.75) is 32.1 Å². The van der Waals surface area contributed by atoms with E-state index in [1.54, 1.807) is 4.90 Å². The minimum absolute atomic E-state index is 0.211. The number of piperidine rings is 1. The molecule has 0 bridgehead atoms.